The van der Waals surface area contributed by atoms with Crippen LogP contribution in [0, 0.1) is 0 Å². The number of aliphatic hydroxyl groups is 14. The van der Waals surface area contributed by atoms with Crippen LogP contribution < -0.4 is 0 Å². The van der Waals surface area contributed by atoms with Crippen molar-refractivity contribution in [2.24, 2.45) is 0 Å². The van der Waals surface area contributed by atoms with E-state index in [0.717, 1.165) is 0 Å². The van der Waals surface area contributed by atoms with Crippen LogP contribution in [0.5, 0.6) is 0 Å². The monoisotopic (exact) mass is 666 g/mol. The standard InChI is InChI=1S/C24H42O21/c25-1-8-12(30)16(34)17(35)21(41-8)45-24(20(38)15(33)11(4-28)44-24)7-40-23(19(37)14(32)10(3-27)43-23)6-39-22(5-29)18(36)13(31)9(2-26)42-22/h8-21,25-38H,1-7H2/t8-,9+,10+,11+,12+,13-,14-,15-,16+,17-,18-,19-,20-,21-,22+,23+,24-/m0/s1. The van der Waals surface area contributed by atoms with Gasteiger partial charge in [0, 0.05) is 0 Å². The van der Waals surface area contributed by atoms with Gasteiger partial charge in [-0.15, -0.1) is 0 Å². The summed E-state index contributed by atoms with van der Waals surface area (Å²) in [5, 5.41) is 143. The first-order valence-corrected chi connectivity index (χ1v) is 14.0. The van der Waals surface area contributed by atoms with E-state index in [1.165, 1.54) is 0 Å². The maximum absolute atomic E-state index is 11.0. The lowest BCUT2D eigenvalue weighted by molar-refractivity contribution is -0.404. The summed E-state index contributed by atoms with van der Waals surface area (Å²) >= 11 is 0. The molecule has 0 bridgehead atoms. The predicted octanol–water partition coefficient (Wildman–Crippen LogP) is -9.74. The highest BCUT2D eigenvalue weighted by Gasteiger charge is 2.64. The molecule has 21 heteroatoms. The Labute approximate surface area is 254 Å². The molecule has 0 aliphatic carbocycles. The minimum Gasteiger partial charge on any atom is -0.394 e. The van der Waals surface area contributed by atoms with Crippen molar-refractivity contribution in [2.45, 2.75) is 103 Å². The zero-order valence-electron chi connectivity index (χ0n) is 23.7. The van der Waals surface area contributed by atoms with Gasteiger partial charge in [0.2, 0.25) is 17.4 Å². The lowest BCUT2D eigenvalue weighted by Crippen LogP contribution is -2.63. The van der Waals surface area contributed by atoms with Crippen LogP contribution in [-0.4, -0.2) is 221 Å². The van der Waals surface area contributed by atoms with Gasteiger partial charge in [-0.2, -0.15) is 0 Å². The van der Waals surface area contributed by atoms with Gasteiger partial charge >= 0.3 is 0 Å². The fourth-order valence-electron chi connectivity index (χ4n) is 5.65. The molecule has 0 unspecified atom stereocenters. The molecule has 0 saturated carbocycles. The molecule has 45 heavy (non-hydrogen) atoms. The highest BCUT2D eigenvalue weighted by molar-refractivity contribution is 5.03. The molecule has 4 fully saturated rings. The minimum absolute atomic E-state index is 0.809. The third kappa shape index (κ3) is 6.49. The Kier molecular flexibility index (Phi) is 11.8. The summed E-state index contributed by atoms with van der Waals surface area (Å²) in [5.41, 5.74) is 0. The Morgan fingerprint density at radius 3 is 1.31 bits per heavy atom. The van der Waals surface area contributed by atoms with E-state index in [9.17, 15) is 71.5 Å². The molecular formula is C24H42O21. The Morgan fingerprint density at radius 2 is 0.844 bits per heavy atom. The number of aliphatic hydroxyl groups excluding tert-OH is 14. The van der Waals surface area contributed by atoms with E-state index in [-0.39, 0.29) is 0 Å². The van der Waals surface area contributed by atoms with E-state index >= 15 is 0 Å². The first kappa shape index (κ1) is 37.0. The van der Waals surface area contributed by atoms with Gasteiger partial charge in [0.05, 0.1) is 26.4 Å². The summed E-state index contributed by atoms with van der Waals surface area (Å²) in [6.07, 6.45) is -25.6. The highest BCUT2D eigenvalue weighted by Crippen LogP contribution is 2.41. The third-order valence-electron chi connectivity index (χ3n) is 8.48. The quantitative estimate of drug-likeness (QED) is 0.0867. The average Bonchev–Trinajstić information content (AvgIpc) is 3.55. The van der Waals surface area contributed by atoms with E-state index in [1.807, 2.05) is 0 Å². The first-order valence-electron chi connectivity index (χ1n) is 14.0. The number of hydrogen-bond acceptors (Lipinski definition) is 21. The Morgan fingerprint density at radius 1 is 0.444 bits per heavy atom. The van der Waals surface area contributed by atoms with Crippen LogP contribution in [0.2, 0.25) is 0 Å². The van der Waals surface area contributed by atoms with Gasteiger partial charge in [-0.1, -0.05) is 0 Å². The molecule has 0 aromatic carbocycles. The number of hydrogen-bond donors (Lipinski definition) is 14. The smallest absolute Gasteiger partial charge is 0.224 e. The molecule has 0 spiro atoms. The van der Waals surface area contributed by atoms with Crippen molar-refractivity contribution in [3.63, 3.8) is 0 Å². The summed E-state index contributed by atoms with van der Waals surface area (Å²) in [7, 11) is 0. The van der Waals surface area contributed by atoms with Crippen LogP contribution in [0.25, 0.3) is 0 Å². The molecule has 14 N–H and O–H groups in total. The minimum atomic E-state index is -2.67. The molecule has 17 atom stereocenters. The van der Waals surface area contributed by atoms with E-state index in [4.69, 9.17) is 33.2 Å². The van der Waals surface area contributed by atoms with Gasteiger partial charge in [-0.25, -0.2) is 0 Å². The van der Waals surface area contributed by atoms with Crippen molar-refractivity contribution in [3.05, 3.63) is 0 Å². The zero-order chi connectivity index (χ0) is 33.5. The highest BCUT2D eigenvalue weighted by atomic mass is 16.8. The fourth-order valence-corrected chi connectivity index (χ4v) is 5.65. The van der Waals surface area contributed by atoms with E-state index in [1.54, 1.807) is 0 Å². The molecule has 4 heterocycles. The van der Waals surface area contributed by atoms with Gasteiger partial charge in [0.1, 0.15) is 99.2 Å². The molecule has 21 nitrogen and oxygen atoms in total. The first-order chi connectivity index (χ1) is 21.2. The maximum atomic E-state index is 11.0. The van der Waals surface area contributed by atoms with Gasteiger partial charge < -0.3 is 105 Å². The van der Waals surface area contributed by atoms with Crippen LogP contribution in [0.1, 0.15) is 0 Å². The van der Waals surface area contributed by atoms with Crippen molar-refractivity contribution in [2.75, 3.05) is 46.2 Å². The SMILES string of the molecule is OC[C@@H]1O[C@@H](O[C@]2(CO[C@]3(CO[C@]4(CO)O[C@H](CO)[C@H](O)[C@@H]4O)O[C@H](CO)[C@H](O)[C@@H]3O)O[C@H](CO)[C@H](O)[C@@H]2O)[C@@H](O)[C@H](O)[C@@H]1O. The second kappa shape index (κ2) is 14.3. The predicted molar refractivity (Wildman–Crippen MR) is 134 cm³/mol. The van der Waals surface area contributed by atoms with Gasteiger partial charge in [0.25, 0.3) is 0 Å². The number of rotatable bonds is 13. The molecule has 0 amide bonds. The molecular weight excluding hydrogens is 624 g/mol. The Hall–Kier alpha value is -0.840. The van der Waals surface area contributed by atoms with Crippen molar-refractivity contribution in [1.82, 2.24) is 0 Å². The zero-order valence-corrected chi connectivity index (χ0v) is 23.7. The summed E-state index contributed by atoms with van der Waals surface area (Å²) < 4.78 is 38.7. The molecule has 0 aromatic heterocycles. The van der Waals surface area contributed by atoms with Crippen LogP contribution in [0.3, 0.4) is 0 Å². The van der Waals surface area contributed by atoms with Crippen LogP contribution in [0.4, 0.5) is 0 Å². The fraction of sp³-hybridized carbons (Fsp3) is 1.00. The van der Waals surface area contributed by atoms with Crippen LogP contribution in [-0.2, 0) is 33.2 Å². The summed E-state index contributed by atoms with van der Waals surface area (Å²) in [4.78, 5) is 0. The average molecular weight is 667 g/mol. The summed E-state index contributed by atoms with van der Waals surface area (Å²) in [6, 6.07) is 0. The molecule has 0 aromatic rings. The second-order valence-electron chi connectivity index (χ2n) is 11.3. The van der Waals surface area contributed by atoms with Crippen molar-refractivity contribution < 1.29 is 105 Å². The van der Waals surface area contributed by atoms with Crippen molar-refractivity contribution in [3.8, 4) is 0 Å². The van der Waals surface area contributed by atoms with E-state index in [0.29, 0.717) is 0 Å². The third-order valence-corrected chi connectivity index (χ3v) is 8.48. The molecule has 4 saturated heterocycles. The van der Waals surface area contributed by atoms with E-state index in [2.05, 4.69) is 0 Å². The largest absolute Gasteiger partial charge is 0.394 e. The molecule has 4 rings (SSSR count). The second-order valence-corrected chi connectivity index (χ2v) is 11.3. The molecule has 264 valence electrons. The molecule has 0 radical (unpaired) electrons. The van der Waals surface area contributed by atoms with Gasteiger partial charge in [0.15, 0.2) is 6.29 Å². The normalized spacial score (nSPS) is 52.1. The van der Waals surface area contributed by atoms with Gasteiger partial charge in [-0.3, -0.25) is 0 Å². The van der Waals surface area contributed by atoms with Crippen molar-refractivity contribution in [1.29, 1.82) is 0 Å². The van der Waals surface area contributed by atoms with Crippen molar-refractivity contribution >= 4 is 0 Å². The maximum Gasteiger partial charge on any atom is 0.224 e. The van der Waals surface area contributed by atoms with E-state index < -0.39 is 149 Å². The van der Waals surface area contributed by atoms with Gasteiger partial charge in [-0.05, 0) is 0 Å². The lowest BCUT2D eigenvalue weighted by Gasteiger charge is -2.44. The summed E-state index contributed by atoms with van der Waals surface area (Å²) in [5.74, 6) is -7.73. The molecule has 4 aliphatic rings. The number of ether oxygens (including phenoxy) is 7. The molecule has 4 aliphatic heterocycles. The topological polar surface area (TPSA) is 348 Å². The lowest BCUT2D eigenvalue weighted by atomic mass is 9.99. The van der Waals surface area contributed by atoms with Crippen LogP contribution in [0.15, 0.2) is 0 Å². The van der Waals surface area contributed by atoms with Crippen LogP contribution >= 0.6 is 0 Å². The summed E-state index contributed by atoms with van der Waals surface area (Å²) in [6.45, 7) is -6.84. The Bertz CT molecular complexity index is 962. The Balaban J connectivity index is 1.65.